The number of fused-ring (bicyclic) bond motifs is 1. The van der Waals surface area contributed by atoms with Crippen LogP contribution < -0.4 is 5.63 Å². The molecular formula is C15H9NO6. The summed E-state index contributed by atoms with van der Waals surface area (Å²) in [6, 6.07) is 9.61. The lowest BCUT2D eigenvalue weighted by Crippen LogP contribution is -1.98. The highest BCUT2D eigenvalue weighted by atomic mass is 16.6. The van der Waals surface area contributed by atoms with Crippen LogP contribution in [-0.4, -0.2) is 15.1 Å². The Morgan fingerprint density at radius 1 is 1.05 bits per heavy atom. The maximum Gasteiger partial charge on any atom is 0.336 e. The smallest absolute Gasteiger partial charge is 0.336 e. The molecule has 0 bridgehead atoms. The third kappa shape index (κ3) is 2.14. The quantitative estimate of drug-likeness (QED) is 0.325. The molecule has 0 aliphatic heterocycles. The molecule has 0 aliphatic rings. The van der Waals surface area contributed by atoms with E-state index in [9.17, 15) is 25.1 Å². The number of hydrogen-bond acceptors (Lipinski definition) is 6. The van der Waals surface area contributed by atoms with Crippen molar-refractivity contribution in [2.24, 2.45) is 0 Å². The number of non-ortho nitro benzene ring substituents is 1. The number of benzene rings is 2. The van der Waals surface area contributed by atoms with Crippen molar-refractivity contribution in [2.75, 3.05) is 0 Å². The van der Waals surface area contributed by atoms with Gasteiger partial charge in [0, 0.05) is 23.6 Å². The van der Waals surface area contributed by atoms with E-state index in [-0.39, 0.29) is 11.3 Å². The van der Waals surface area contributed by atoms with Gasteiger partial charge in [-0.3, -0.25) is 10.1 Å². The Kier molecular flexibility index (Phi) is 3.03. The van der Waals surface area contributed by atoms with E-state index in [0.29, 0.717) is 16.5 Å². The first-order valence-electron chi connectivity index (χ1n) is 6.21. The molecular weight excluding hydrogens is 290 g/mol. The molecule has 0 saturated heterocycles. The Balaban J connectivity index is 2.28. The average molecular weight is 299 g/mol. The number of phenols is 2. The molecule has 0 radical (unpaired) electrons. The normalized spacial score (nSPS) is 10.7. The van der Waals surface area contributed by atoms with Crippen molar-refractivity contribution in [3.63, 3.8) is 0 Å². The Bertz CT molecular complexity index is 943. The van der Waals surface area contributed by atoms with Gasteiger partial charge in [-0.15, -0.1) is 0 Å². The van der Waals surface area contributed by atoms with Crippen molar-refractivity contribution in [3.8, 4) is 22.6 Å². The lowest BCUT2D eigenvalue weighted by molar-refractivity contribution is -0.384. The number of nitrogens with zero attached hydrogens (tertiary/aromatic N) is 1. The summed E-state index contributed by atoms with van der Waals surface area (Å²) in [6.45, 7) is 0. The first kappa shape index (κ1) is 13.6. The second-order valence-corrected chi connectivity index (χ2v) is 4.59. The highest BCUT2D eigenvalue weighted by molar-refractivity contribution is 5.97. The van der Waals surface area contributed by atoms with E-state index in [1.54, 1.807) is 0 Å². The minimum atomic E-state index is -0.707. The minimum Gasteiger partial charge on any atom is -0.504 e. The van der Waals surface area contributed by atoms with Crippen molar-refractivity contribution in [2.45, 2.75) is 0 Å². The van der Waals surface area contributed by atoms with E-state index in [2.05, 4.69) is 0 Å². The SMILES string of the molecule is O=c1cc(-c2ccc([N+](=O)[O-])cc2)c2ccc(O)c(O)c2o1. The predicted octanol–water partition coefficient (Wildman–Crippen LogP) is 2.78. The number of nitro groups is 1. The summed E-state index contributed by atoms with van der Waals surface area (Å²) in [7, 11) is 0. The van der Waals surface area contributed by atoms with Gasteiger partial charge in [0.2, 0.25) is 5.75 Å². The van der Waals surface area contributed by atoms with Gasteiger partial charge >= 0.3 is 5.63 Å². The molecule has 2 N–H and O–H groups in total. The van der Waals surface area contributed by atoms with Gasteiger partial charge in [0.1, 0.15) is 0 Å². The zero-order valence-electron chi connectivity index (χ0n) is 11.0. The Morgan fingerprint density at radius 3 is 2.36 bits per heavy atom. The summed E-state index contributed by atoms with van der Waals surface area (Å²) in [5, 5.41) is 30.4. The zero-order valence-corrected chi connectivity index (χ0v) is 11.0. The van der Waals surface area contributed by atoms with Crippen molar-refractivity contribution in [3.05, 3.63) is 63.0 Å². The van der Waals surface area contributed by atoms with Gasteiger partial charge in [0.05, 0.1) is 4.92 Å². The summed E-state index contributed by atoms with van der Waals surface area (Å²) in [6.07, 6.45) is 0. The number of phenolic OH excluding ortho intramolecular Hbond substituents is 2. The van der Waals surface area contributed by atoms with Crippen LogP contribution in [0.5, 0.6) is 11.5 Å². The zero-order chi connectivity index (χ0) is 15.9. The number of aromatic hydroxyl groups is 2. The van der Waals surface area contributed by atoms with E-state index in [4.69, 9.17) is 4.42 Å². The van der Waals surface area contributed by atoms with Gasteiger partial charge in [-0.25, -0.2) is 4.79 Å². The molecule has 1 heterocycles. The second-order valence-electron chi connectivity index (χ2n) is 4.59. The molecule has 110 valence electrons. The summed E-state index contributed by atoms with van der Waals surface area (Å²) in [4.78, 5) is 21.8. The largest absolute Gasteiger partial charge is 0.504 e. The number of hydrogen-bond donors (Lipinski definition) is 2. The van der Waals surface area contributed by atoms with Gasteiger partial charge in [-0.05, 0) is 35.4 Å². The standard InChI is InChI=1S/C15H9NO6/c17-12-6-5-10-11(7-13(18)22-15(10)14(12)19)8-1-3-9(4-2-8)16(20)21/h1-7,17,19H. The molecule has 0 fully saturated rings. The van der Waals surface area contributed by atoms with E-state index < -0.39 is 22.0 Å². The average Bonchev–Trinajstić information content (AvgIpc) is 2.51. The van der Waals surface area contributed by atoms with Gasteiger partial charge in [-0.1, -0.05) is 0 Å². The Morgan fingerprint density at radius 2 is 1.73 bits per heavy atom. The molecule has 7 nitrogen and oxygen atoms in total. The van der Waals surface area contributed by atoms with Crippen molar-refractivity contribution < 1.29 is 19.6 Å². The molecule has 7 heteroatoms. The van der Waals surface area contributed by atoms with Gasteiger partial charge < -0.3 is 14.6 Å². The third-order valence-electron chi connectivity index (χ3n) is 3.25. The third-order valence-corrected chi connectivity index (χ3v) is 3.25. The number of rotatable bonds is 2. The maximum atomic E-state index is 11.6. The minimum absolute atomic E-state index is 0.0727. The van der Waals surface area contributed by atoms with Crippen LogP contribution in [0.4, 0.5) is 5.69 Å². The van der Waals surface area contributed by atoms with E-state index in [1.165, 1.54) is 42.5 Å². The fraction of sp³-hybridized carbons (Fsp3) is 0. The van der Waals surface area contributed by atoms with E-state index in [1.807, 2.05) is 0 Å². The van der Waals surface area contributed by atoms with Crippen LogP contribution in [0, 0.1) is 10.1 Å². The van der Waals surface area contributed by atoms with E-state index >= 15 is 0 Å². The molecule has 0 saturated carbocycles. The molecule has 0 unspecified atom stereocenters. The lowest BCUT2D eigenvalue weighted by Gasteiger charge is -2.07. The topological polar surface area (TPSA) is 114 Å². The van der Waals surface area contributed by atoms with Crippen LogP contribution in [0.3, 0.4) is 0 Å². The van der Waals surface area contributed by atoms with Crippen molar-refractivity contribution in [1.29, 1.82) is 0 Å². The molecule has 0 amide bonds. The molecule has 0 spiro atoms. The van der Waals surface area contributed by atoms with Crippen LogP contribution in [0.2, 0.25) is 0 Å². The predicted molar refractivity (Wildman–Crippen MR) is 77.9 cm³/mol. The van der Waals surface area contributed by atoms with Crippen LogP contribution >= 0.6 is 0 Å². The van der Waals surface area contributed by atoms with Crippen molar-refractivity contribution >= 4 is 16.7 Å². The highest BCUT2D eigenvalue weighted by Crippen LogP contribution is 2.37. The molecule has 0 atom stereocenters. The summed E-state index contributed by atoms with van der Waals surface area (Å²) in [5.74, 6) is -0.935. The first-order chi connectivity index (χ1) is 10.5. The molecule has 3 rings (SSSR count). The van der Waals surface area contributed by atoms with Crippen LogP contribution in [0.1, 0.15) is 0 Å². The lowest BCUT2D eigenvalue weighted by atomic mass is 10.0. The molecule has 1 aromatic heterocycles. The maximum absolute atomic E-state index is 11.6. The van der Waals surface area contributed by atoms with Crippen LogP contribution in [0.25, 0.3) is 22.1 Å². The Labute approximate surface area is 122 Å². The molecule has 2 aromatic carbocycles. The number of nitro benzene ring substituents is 1. The Hall–Kier alpha value is -3.35. The second kappa shape index (κ2) is 4.88. The van der Waals surface area contributed by atoms with Crippen LogP contribution in [0.15, 0.2) is 51.7 Å². The van der Waals surface area contributed by atoms with E-state index in [0.717, 1.165) is 0 Å². The molecule has 3 aromatic rings. The van der Waals surface area contributed by atoms with Crippen molar-refractivity contribution in [1.82, 2.24) is 0 Å². The van der Waals surface area contributed by atoms with Gasteiger partial charge in [-0.2, -0.15) is 0 Å². The molecule has 22 heavy (non-hydrogen) atoms. The first-order valence-corrected chi connectivity index (χ1v) is 6.21. The summed E-state index contributed by atoms with van der Waals surface area (Å²) < 4.78 is 4.92. The highest BCUT2D eigenvalue weighted by Gasteiger charge is 2.14. The fourth-order valence-corrected chi connectivity index (χ4v) is 2.20. The van der Waals surface area contributed by atoms with Crippen LogP contribution in [-0.2, 0) is 0 Å². The summed E-state index contributed by atoms with van der Waals surface area (Å²) in [5.41, 5.74) is 0.0733. The monoisotopic (exact) mass is 299 g/mol. The fourth-order valence-electron chi connectivity index (χ4n) is 2.20. The van der Waals surface area contributed by atoms with Gasteiger partial charge in [0.25, 0.3) is 5.69 Å². The van der Waals surface area contributed by atoms with Gasteiger partial charge in [0.15, 0.2) is 11.3 Å². The summed E-state index contributed by atoms with van der Waals surface area (Å²) >= 11 is 0. The molecule has 0 aliphatic carbocycles.